The number of nitrogens with zero attached hydrogens (tertiary/aromatic N) is 4. The second-order valence-electron chi connectivity index (χ2n) is 6.47. The Bertz CT molecular complexity index is 705. The zero-order valence-corrected chi connectivity index (χ0v) is 13.0. The number of hydrogen-bond donors (Lipinski definition) is 2. The molecular formula is C16H22N6. The van der Waals surface area contributed by atoms with Crippen molar-refractivity contribution < 1.29 is 0 Å². The number of piperidine rings is 1. The van der Waals surface area contributed by atoms with E-state index in [1.807, 2.05) is 0 Å². The van der Waals surface area contributed by atoms with Crippen molar-refractivity contribution in [3.63, 3.8) is 0 Å². The first-order valence-corrected chi connectivity index (χ1v) is 8.10. The lowest BCUT2D eigenvalue weighted by Gasteiger charge is -2.29. The van der Waals surface area contributed by atoms with Crippen molar-refractivity contribution in [1.82, 2.24) is 19.9 Å². The fourth-order valence-corrected chi connectivity index (χ4v) is 3.43. The molecule has 0 aromatic carbocycles. The van der Waals surface area contributed by atoms with Gasteiger partial charge in [-0.25, -0.2) is 4.98 Å². The van der Waals surface area contributed by atoms with Gasteiger partial charge in [-0.05, 0) is 63.9 Å². The predicted octanol–water partition coefficient (Wildman–Crippen LogP) is 1.60. The third-order valence-corrected chi connectivity index (χ3v) is 4.80. The average Bonchev–Trinajstić information content (AvgIpc) is 2.95. The number of pyridine rings is 1. The van der Waals surface area contributed by atoms with Gasteiger partial charge in [0.2, 0.25) is 5.95 Å². The minimum absolute atomic E-state index is 0.419. The molecule has 1 aliphatic heterocycles. The average molecular weight is 298 g/mol. The molecule has 0 atom stereocenters. The van der Waals surface area contributed by atoms with E-state index in [1.54, 1.807) is 0 Å². The summed E-state index contributed by atoms with van der Waals surface area (Å²) in [4.78, 5) is 16.1. The van der Waals surface area contributed by atoms with Crippen LogP contribution in [0.15, 0.2) is 6.07 Å². The van der Waals surface area contributed by atoms with Crippen molar-refractivity contribution in [2.24, 2.45) is 0 Å². The molecule has 1 aliphatic carbocycles. The van der Waals surface area contributed by atoms with E-state index in [0.29, 0.717) is 17.8 Å². The summed E-state index contributed by atoms with van der Waals surface area (Å²) >= 11 is 0. The molecule has 116 valence electrons. The summed E-state index contributed by atoms with van der Waals surface area (Å²) in [6.45, 7) is 2.21. The molecule has 1 saturated heterocycles. The Labute approximate surface area is 130 Å². The molecule has 2 aliphatic rings. The molecule has 0 amide bonds. The Kier molecular flexibility index (Phi) is 3.33. The molecule has 1 fully saturated rings. The molecule has 0 radical (unpaired) electrons. The molecular weight excluding hydrogens is 276 g/mol. The lowest BCUT2D eigenvalue weighted by molar-refractivity contribution is 0.263. The van der Waals surface area contributed by atoms with E-state index in [0.717, 1.165) is 49.8 Å². The maximum atomic E-state index is 6.14. The summed E-state index contributed by atoms with van der Waals surface area (Å²) in [5.74, 6) is 1.15. The van der Waals surface area contributed by atoms with E-state index >= 15 is 0 Å². The van der Waals surface area contributed by atoms with Crippen molar-refractivity contribution in [3.05, 3.63) is 17.3 Å². The SMILES string of the molecule is CN1CCC(Nc2nc(N)c3cc4c(nc3n2)CCC4)CC1. The molecule has 22 heavy (non-hydrogen) atoms. The Morgan fingerprint density at radius 3 is 2.82 bits per heavy atom. The summed E-state index contributed by atoms with van der Waals surface area (Å²) in [5, 5.41) is 4.32. The number of fused-ring (bicyclic) bond motifs is 2. The van der Waals surface area contributed by atoms with Crippen LogP contribution in [0.2, 0.25) is 0 Å². The van der Waals surface area contributed by atoms with Crippen LogP contribution in [0.5, 0.6) is 0 Å². The van der Waals surface area contributed by atoms with Gasteiger partial charge in [0.15, 0.2) is 5.65 Å². The Hall–Kier alpha value is -1.95. The van der Waals surface area contributed by atoms with E-state index in [1.165, 1.54) is 17.7 Å². The number of nitrogen functional groups attached to an aromatic ring is 1. The molecule has 0 spiro atoms. The number of rotatable bonds is 2. The number of likely N-dealkylation sites (tertiary alicyclic amines) is 1. The van der Waals surface area contributed by atoms with Gasteiger partial charge in [-0.2, -0.15) is 9.97 Å². The van der Waals surface area contributed by atoms with Crippen LogP contribution in [0.3, 0.4) is 0 Å². The van der Waals surface area contributed by atoms with Gasteiger partial charge in [-0.15, -0.1) is 0 Å². The minimum atomic E-state index is 0.419. The smallest absolute Gasteiger partial charge is 0.226 e. The largest absolute Gasteiger partial charge is 0.383 e. The fraction of sp³-hybridized carbons (Fsp3) is 0.562. The molecule has 4 rings (SSSR count). The van der Waals surface area contributed by atoms with Gasteiger partial charge in [-0.1, -0.05) is 0 Å². The van der Waals surface area contributed by atoms with E-state index in [2.05, 4.69) is 33.3 Å². The van der Waals surface area contributed by atoms with Gasteiger partial charge in [0.25, 0.3) is 0 Å². The van der Waals surface area contributed by atoms with Crippen LogP contribution in [0.25, 0.3) is 11.0 Å². The van der Waals surface area contributed by atoms with E-state index in [9.17, 15) is 0 Å². The second-order valence-corrected chi connectivity index (χ2v) is 6.47. The molecule has 6 nitrogen and oxygen atoms in total. The van der Waals surface area contributed by atoms with Crippen molar-refractivity contribution >= 4 is 22.8 Å². The van der Waals surface area contributed by atoms with Crippen LogP contribution >= 0.6 is 0 Å². The Morgan fingerprint density at radius 2 is 2.00 bits per heavy atom. The molecule has 0 unspecified atom stereocenters. The summed E-state index contributed by atoms with van der Waals surface area (Å²) in [7, 11) is 2.16. The van der Waals surface area contributed by atoms with E-state index in [4.69, 9.17) is 10.7 Å². The van der Waals surface area contributed by atoms with Gasteiger partial charge < -0.3 is 16.0 Å². The van der Waals surface area contributed by atoms with E-state index < -0.39 is 0 Å². The number of aryl methyl sites for hydroxylation is 2. The highest BCUT2D eigenvalue weighted by molar-refractivity contribution is 5.87. The highest BCUT2D eigenvalue weighted by Gasteiger charge is 2.19. The first-order chi connectivity index (χ1) is 10.7. The maximum absolute atomic E-state index is 6.14. The number of nitrogens with two attached hydrogens (primary N) is 1. The first kappa shape index (κ1) is 13.7. The molecule has 2 aromatic rings. The highest BCUT2D eigenvalue weighted by Crippen LogP contribution is 2.27. The fourth-order valence-electron chi connectivity index (χ4n) is 3.43. The topological polar surface area (TPSA) is 80.0 Å². The summed E-state index contributed by atoms with van der Waals surface area (Å²) in [6.07, 6.45) is 5.53. The monoisotopic (exact) mass is 298 g/mol. The van der Waals surface area contributed by atoms with Gasteiger partial charge in [0, 0.05) is 11.7 Å². The Balaban J connectivity index is 1.63. The lowest BCUT2D eigenvalue weighted by atomic mass is 10.1. The Morgan fingerprint density at radius 1 is 1.18 bits per heavy atom. The molecule has 2 aromatic heterocycles. The molecule has 0 bridgehead atoms. The van der Waals surface area contributed by atoms with Crippen molar-refractivity contribution in [2.75, 3.05) is 31.2 Å². The molecule has 0 saturated carbocycles. The van der Waals surface area contributed by atoms with Crippen molar-refractivity contribution in [2.45, 2.75) is 38.1 Å². The minimum Gasteiger partial charge on any atom is -0.383 e. The van der Waals surface area contributed by atoms with Gasteiger partial charge in [0.05, 0.1) is 5.39 Å². The zero-order valence-electron chi connectivity index (χ0n) is 13.0. The first-order valence-electron chi connectivity index (χ1n) is 8.10. The van der Waals surface area contributed by atoms with Crippen LogP contribution in [0.1, 0.15) is 30.5 Å². The van der Waals surface area contributed by atoms with Gasteiger partial charge >= 0.3 is 0 Å². The second kappa shape index (κ2) is 5.35. The standard InChI is InChI=1S/C16H22N6/c1-22-7-5-11(6-8-22)18-16-20-14(17)12-9-10-3-2-4-13(10)19-15(12)21-16/h9,11H,2-8H2,1H3,(H3,17,18,19,20,21). The predicted molar refractivity (Wildman–Crippen MR) is 87.9 cm³/mol. The highest BCUT2D eigenvalue weighted by atomic mass is 15.2. The maximum Gasteiger partial charge on any atom is 0.226 e. The van der Waals surface area contributed by atoms with Gasteiger partial charge in [-0.3, -0.25) is 0 Å². The van der Waals surface area contributed by atoms with Crippen LogP contribution in [-0.4, -0.2) is 46.0 Å². The van der Waals surface area contributed by atoms with Crippen LogP contribution in [-0.2, 0) is 12.8 Å². The van der Waals surface area contributed by atoms with Crippen LogP contribution in [0.4, 0.5) is 11.8 Å². The van der Waals surface area contributed by atoms with Crippen molar-refractivity contribution in [1.29, 1.82) is 0 Å². The van der Waals surface area contributed by atoms with E-state index in [-0.39, 0.29) is 0 Å². The normalized spacial score (nSPS) is 19.5. The van der Waals surface area contributed by atoms with Crippen molar-refractivity contribution in [3.8, 4) is 0 Å². The number of nitrogens with one attached hydrogen (secondary N) is 1. The van der Waals surface area contributed by atoms with Crippen LogP contribution < -0.4 is 11.1 Å². The third kappa shape index (κ3) is 2.47. The summed E-state index contributed by atoms with van der Waals surface area (Å²) < 4.78 is 0. The zero-order chi connectivity index (χ0) is 15.1. The molecule has 3 N–H and O–H groups in total. The van der Waals surface area contributed by atoms with Crippen LogP contribution in [0, 0.1) is 0 Å². The third-order valence-electron chi connectivity index (χ3n) is 4.80. The number of anilines is 2. The number of aromatic nitrogens is 3. The molecule has 6 heteroatoms. The van der Waals surface area contributed by atoms with Gasteiger partial charge in [0.1, 0.15) is 5.82 Å². The summed E-state index contributed by atoms with van der Waals surface area (Å²) in [6, 6.07) is 2.54. The lowest BCUT2D eigenvalue weighted by Crippen LogP contribution is -2.37. The number of hydrogen-bond acceptors (Lipinski definition) is 6. The summed E-state index contributed by atoms with van der Waals surface area (Å²) in [5.41, 5.74) is 9.35. The molecule has 3 heterocycles. The quantitative estimate of drug-likeness (QED) is 0.876.